The fraction of sp³-hybridized carbons (Fsp3) is 1.00. The molecule has 0 radical (unpaired) electrons. The summed E-state index contributed by atoms with van der Waals surface area (Å²) in [6.45, 7) is 6.56. The van der Waals surface area contributed by atoms with Gasteiger partial charge >= 0.3 is 0 Å². The van der Waals surface area contributed by atoms with Crippen LogP contribution in [0.2, 0.25) is 0 Å². The summed E-state index contributed by atoms with van der Waals surface area (Å²) in [7, 11) is 0. The Morgan fingerprint density at radius 2 is 0.933 bits per heavy atom. The summed E-state index contributed by atoms with van der Waals surface area (Å²) in [4.78, 5) is 0. The molecule has 2 heteroatoms. The molecule has 0 aromatic rings. The zero-order chi connectivity index (χ0) is 21.5. The summed E-state index contributed by atoms with van der Waals surface area (Å²) in [6.07, 6.45) is 31.6. The number of hydrogen-bond acceptors (Lipinski definition) is 2. The minimum absolute atomic E-state index is 0.478. The van der Waals surface area contributed by atoms with Crippen LogP contribution in [0.4, 0.5) is 0 Å². The quantitative estimate of drug-likeness (QED) is 0.175. The van der Waals surface area contributed by atoms with Crippen LogP contribution in [0, 0.1) is 0 Å². The van der Waals surface area contributed by atoms with Gasteiger partial charge < -0.3 is 10.1 Å². The molecule has 0 aromatic carbocycles. The Morgan fingerprint density at radius 1 is 0.533 bits per heavy atom. The van der Waals surface area contributed by atoms with Crippen molar-refractivity contribution in [1.82, 2.24) is 5.32 Å². The summed E-state index contributed by atoms with van der Waals surface area (Å²) in [5.41, 5.74) is 0. The number of hydrogen-bond donors (Lipinski definition) is 1. The van der Waals surface area contributed by atoms with Crippen LogP contribution < -0.4 is 5.32 Å². The average molecular weight is 424 g/mol. The maximum Gasteiger partial charge on any atom is 0.0728 e. The Labute approximate surface area is 190 Å². The summed E-state index contributed by atoms with van der Waals surface area (Å²) in [5, 5.41) is 3.76. The fourth-order valence-corrected chi connectivity index (χ4v) is 4.96. The van der Waals surface area contributed by atoms with E-state index in [2.05, 4.69) is 19.2 Å². The Morgan fingerprint density at radius 3 is 1.40 bits per heavy atom. The highest BCUT2D eigenvalue weighted by molar-refractivity contribution is 4.80. The maximum atomic E-state index is 6.15. The van der Waals surface area contributed by atoms with E-state index < -0.39 is 0 Å². The SMILES string of the molecule is CCCCCCCCCCCCC1NCCOC1CCCCCCCCCCCC. The lowest BCUT2D eigenvalue weighted by atomic mass is 9.96. The number of rotatable bonds is 22. The molecular weight excluding hydrogens is 366 g/mol. The summed E-state index contributed by atoms with van der Waals surface area (Å²) in [6, 6.07) is 0.617. The van der Waals surface area contributed by atoms with Crippen molar-refractivity contribution in [2.45, 2.75) is 167 Å². The molecule has 1 fully saturated rings. The third-order valence-corrected chi connectivity index (χ3v) is 7.00. The molecule has 0 saturated carbocycles. The standard InChI is InChI=1S/C28H57NO/c1-3-5-7-9-11-13-15-17-19-21-23-27-28(30-26-25-29-27)24-22-20-18-16-14-12-10-8-6-4-2/h27-29H,3-26H2,1-2H3. The molecule has 1 rings (SSSR count). The van der Waals surface area contributed by atoms with E-state index in [0.29, 0.717) is 12.1 Å². The van der Waals surface area contributed by atoms with Gasteiger partial charge in [-0.15, -0.1) is 0 Å². The van der Waals surface area contributed by atoms with Gasteiger partial charge in [0.2, 0.25) is 0 Å². The normalized spacial score (nSPS) is 19.4. The molecule has 0 spiro atoms. The van der Waals surface area contributed by atoms with Crippen LogP contribution in [-0.2, 0) is 4.74 Å². The fourth-order valence-electron chi connectivity index (χ4n) is 4.96. The summed E-state index contributed by atoms with van der Waals surface area (Å²) >= 11 is 0. The second-order valence-corrected chi connectivity index (χ2v) is 9.91. The lowest BCUT2D eigenvalue weighted by Crippen LogP contribution is -2.48. The van der Waals surface area contributed by atoms with Crippen molar-refractivity contribution in [1.29, 1.82) is 0 Å². The van der Waals surface area contributed by atoms with Gasteiger partial charge in [0.25, 0.3) is 0 Å². The maximum absolute atomic E-state index is 6.15. The van der Waals surface area contributed by atoms with Gasteiger partial charge in [0.15, 0.2) is 0 Å². The molecule has 1 saturated heterocycles. The topological polar surface area (TPSA) is 21.3 Å². The van der Waals surface area contributed by atoms with Crippen molar-refractivity contribution in [3.8, 4) is 0 Å². The minimum atomic E-state index is 0.478. The molecule has 1 aliphatic heterocycles. The van der Waals surface area contributed by atoms with Crippen molar-refractivity contribution < 1.29 is 4.74 Å². The third-order valence-electron chi connectivity index (χ3n) is 7.00. The van der Waals surface area contributed by atoms with Gasteiger partial charge in [-0.2, -0.15) is 0 Å². The Kier molecular flexibility index (Phi) is 20.6. The Hall–Kier alpha value is -0.0800. The van der Waals surface area contributed by atoms with E-state index in [0.717, 1.165) is 13.2 Å². The predicted octanol–water partition coefficient (Wildman–Crippen LogP) is 8.97. The van der Waals surface area contributed by atoms with E-state index in [1.807, 2.05) is 0 Å². The van der Waals surface area contributed by atoms with Crippen LogP contribution in [0.3, 0.4) is 0 Å². The second-order valence-electron chi connectivity index (χ2n) is 9.91. The van der Waals surface area contributed by atoms with E-state index in [1.54, 1.807) is 0 Å². The lowest BCUT2D eigenvalue weighted by Gasteiger charge is -2.33. The first kappa shape index (κ1) is 28.0. The molecule has 2 unspecified atom stereocenters. The largest absolute Gasteiger partial charge is 0.375 e. The van der Waals surface area contributed by atoms with Crippen molar-refractivity contribution in [2.24, 2.45) is 0 Å². The zero-order valence-electron chi connectivity index (χ0n) is 21.0. The van der Waals surface area contributed by atoms with Crippen molar-refractivity contribution in [2.75, 3.05) is 13.2 Å². The molecule has 2 nitrogen and oxygen atoms in total. The molecule has 0 aromatic heterocycles. The van der Waals surface area contributed by atoms with E-state index in [-0.39, 0.29) is 0 Å². The first-order valence-corrected chi connectivity index (χ1v) is 14.2. The second kappa shape index (κ2) is 22.1. The highest BCUT2D eigenvalue weighted by atomic mass is 16.5. The molecule has 30 heavy (non-hydrogen) atoms. The molecule has 1 heterocycles. The number of ether oxygens (including phenoxy) is 1. The highest BCUT2D eigenvalue weighted by Gasteiger charge is 2.24. The van der Waals surface area contributed by atoms with Crippen molar-refractivity contribution >= 4 is 0 Å². The molecule has 180 valence electrons. The molecule has 1 aliphatic rings. The van der Waals surface area contributed by atoms with Gasteiger partial charge in [-0.1, -0.05) is 142 Å². The van der Waals surface area contributed by atoms with Crippen LogP contribution in [-0.4, -0.2) is 25.3 Å². The van der Waals surface area contributed by atoms with Crippen LogP contribution in [0.1, 0.15) is 155 Å². The lowest BCUT2D eigenvalue weighted by molar-refractivity contribution is -0.0127. The van der Waals surface area contributed by atoms with Crippen LogP contribution in [0.5, 0.6) is 0 Å². The Bertz CT molecular complexity index is 301. The molecule has 0 bridgehead atoms. The monoisotopic (exact) mass is 423 g/mol. The average Bonchev–Trinajstić information content (AvgIpc) is 2.77. The van der Waals surface area contributed by atoms with Crippen LogP contribution >= 0.6 is 0 Å². The van der Waals surface area contributed by atoms with Crippen molar-refractivity contribution in [3.63, 3.8) is 0 Å². The summed E-state index contributed by atoms with van der Waals surface area (Å²) in [5.74, 6) is 0. The van der Waals surface area contributed by atoms with Crippen LogP contribution in [0.15, 0.2) is 0 Å². The van der Waals surface area contributed by atoms with E-state index in [9.17, 15) is 0 Å². The number of morpholine rings is 1. The van der Waals surface area contributed by atoms with Gasteiger partial charge in [-0.05, 0) is 12.8 Å². The number of nitrogens with one attached hydrogen (secondary N) is 1. The van der Waals surface area contributed by atoms with Crippen molar-refractivity contribution in [3.05, 3.63) is 0 Å². The van der Waals surface area contributed by atoms with Gasteiger partial charge in [-0.25, -0.2) is 0 Å². The molecule has 2 atom stereocenters. The Balaban J connectivity index is 1.94. The number of unbranched alkanes of at least 4 members (excludes halogenated alkanes) is 18. The first-order chi connectivity index (χ1) is 14.9. The van der Waals surface area contributed by atoms with Gasteiger partial charge in [0.1, 0.15) is 0 Å². The third kappa shape index (κ3) is 16.6. The van der Waals surface area contributed by atoms with Gasteiger partial charge in [-0.3, -0.25) is 0 Å². The van der Waals surface area contributed by atoms with Gasteiger partial charge in [0.05, 0.1) is 12.7 Å². The van der Waals surface area contributed by atoms with E-state index in [4.69, 9.17) is 4.74 Å². The molecular formula is C28H57NO. The van der Waals surface area contributed by atoms with Crippen LogP contribution in [0.25, 0.3) is 0 Å². The zero-order valence-corrected chi connectivity index (χ0v) is 21.0. The van der Waals surface area contributed by atoms with E-state index >= 15 is 0 Å². The molecule has 1 N–H and O–H groups in total. The minimum Gasteiger partial charge on any atom is -0.375 e. The molecule has 0 amide bonds. The smallest absolute Gasteiger partial charge is 0.0728 e. The van der Waals surface area contributed by atoms with Gasteiger partial charge in [0, 0.05) is 12.6 Å². The predicted molar refractivity (Wildman–Crippen MR) is 134 cm³/mol. The first-order valence-electron chi connectivity index (χ1n) is 14.2. The molecule has 0 aliphatic carbocycles. The summed E-state index contributed by atoms with van der Waals surface area (Å²) < 4.78 is 6.15. The van der Waals surface area contributed by atoms with E-state index in [1.165, 1.54) is 141 Å². The highest BCUT2D eigenvalue weighted by Crippen LogP contribution is 2.20.